The lowest BCUT2D eigenvalue weighted by Crippen LogP contribution is -2.62. The van der Waals surface area contributed by atoms with Gasteiger partial charge in [0.1, 0.15) is 96.4 Å². The molecule has 0 saturated carbocycles. The Kier molecular flexibility index (Phi) is 49.7. The molecule has 1 fully saturated rings. The van der Waals surface area contributed by atoms with Gasteiger partial charge in [0.2, 0.25) is 100 Å². The van der Waals surface area contributed by atoms with E-state index < -0.39 is 266 Å². The minimum Gasteiger partial charge on any atom is -0.508 e. The summed E-state index contributed by atoms with van der Waals surface area (Å²) >= 11 is 4.23. The number of phenols is 1. The van der Waals surface area contributed by atoms with E-state index in [1.54, 1.807) is 71.9 Å². The van der Waals surface area contributed by atoms with Crippen molar-refractivity contribution in [1.29, 1.82) is 0 Å². The smallest absolute Gasteiger partial charge is 0.328 e. The summed E-state index contributed by atoms with van der Waals surface area (Å²) in [6, 6.07) is -10.4. The molecule has 0 aromatic heterocycles. The van der Waals surface area contributed by atoms with Gasteiger partial charge in [0.15, 0.2) is 0 Å². The number of rotatable bonds is 58. The molecule has 17 amide bonds. The van der Waals surface area contributed by atoms with Crippen molar-refractivity contribution < 1.29 is 122 Å². The van der Waals surface area contributed by atoms with Crippen LogP contribution in [0.5, 0.6) is 5.75 Å². The molecule has 0 radical (unpaired) electrons. The van der Waals surface area contributed by atoms with Gasteiger partial charge in [0, 0.05) is 18.6 Å². The van der Waals surface area contributed by atoms with E-state index in [-0.39, 0.29) is 76.1 Å². The molecule has 1 heterocycles. The van der Waals surface area contributed by atoms with Crippen LogP contribution in [-0.2, 0) is 99.1 Å². The van der Waals surface area contributed by atoms with E-state index in [0.29, 0.717) is 36.9 Å². The number of carbonyl (C=O) groups is 18. The number of aliphatic carboxylic acids is 1. The molecule has 2 aromatic carbocycles. The molecule has 18 atom stereocenters. The second-order valence-electron chi connectivity index (χ2n) is 31.6. The predicted molar refractivity (Wildman–Crippen MR) is 460 cm³/mol. The number of thiol groups is 1. The summed E-state index contributed by atoms with van der Waals surface area (Å²) in [7, 11) is 0. The number of amides is 17. The number of nitrogens with one attached hydrogen (secondary N) is 18. The zero-order valence-corrected chi connectivity index (χ0v) is 73.8. The molecule has 45 nitrogen and oxygen atoms in total. The average Bonchev–Trinajstić information content (AvgIpc) is 1.28. The Morgan fingerprint density at radius 3 is 1.31 bits per heavy atom. The molecule has 0 unspecified atom stereocenters. The van der Waals surface area contributed by atoms with Crippen LogP contribution in [0.1, 0.15) is 138 Å². The minimum absolute atomic E-state index is 0.0512. The van der Waals surface area contributed by atoms with Gasteiger partial charge in [-0.2, -0.15) is 12.6 Å². The zero-order valence-electron chi connectivity index (χ0n) is 72.9. The summed E-state index contributed by atoms with van der Waals surface area (Å²) < 4.78 is 0. The molecule has 29 N–H and O–H groups in total. The van der Waals surface area contributed by atoms with Crippen molar-refractivity contribution in [2.75, 3.05) is 64.9 Å². The molecule has 46 heteroatoms. The maximum absolute atomic E-state index is 14.5. The normalized spacial score (nSPS) is 16.4. The number of carbonyl (C=O) groups excluding carboxylic acids is 17. The lowest BCUT2D eigenvalue weighted by atomic mass is 9.96. The monoisotopic (exact) mass is 1810 g/mol. The van der Waals surface area contributed by atoms with Crippen LogP contribution in [0.4, 0.5) is 0 Å². The fourth-order valence-corrected chi connectivity index (χ4v) is 12.9. The van der Waals surface area contributed by atoms with E-state index in [1.165, 1.54) is 38.1 Å². The fourth-order valence-electron chi connectivity index (χ4n) is 12.7. The lowest BCUT2D eigenvalue weighted by molar-refractivity contribution is -0.144. The molecule has 710 valence electrons. The third-order valence-electron chi connectivity index (χ3n) is 20.4. The summed E-state index contributed by atoms with van der Waals surface area (Å²) in [5.74, 6) is -20.3. The highest BCUT2D eigenvalue weighted by atomic mass is 32.1. The number of unbranched alkanes of at least 4 members (excludes halogenated alkanes) is 2. The third-order valence-corrected chi connectivity index (χ3v) is 20.7. The molecular formula is C81H130N20O25S. The maximum Gasteiger partial charge on any atom is 0.328 e. The topological polar surface area (TPSA) is 717 Å². The third kappa shape index (κ3) is 38.8. The number of aliphatic hydroxyl groups is 5. The highest BCUT2D eigenvalue weighted by Gasteiger charge is 2.40. The molecule has 127 heavy (non-hydrogen) atoms. The first kappa shape index (κ1) is 110. The van der Waals surface area contributed by atoms with Crippen LogP contribution >= 0.6 is 12.6 Å². The lowest BCUT2D eigenvalue weighted by Gasteiger charge is -2.29. The van der Waals surface area contributed by atoms with Crippen molar-refractivity contribution in [3.8, 4) is 5.75 Å². The Bertz CT molecular complexity index is 3980. The molecule has 1 aliphatic rings. The number of hydrogen-bond acceptors (Lipinski definition) is 28. The summed E-state index contributed by atoms with van der Waals surface area (Å²) in [6.07, 6.45) is 0.374. The number of carboxylic acid groups (broad SMARTS) is 1. The van der Waals surface area contributed by atoms with Gasteiger partial charge in [-0.3, -0.25) is 81.5 Å². The van der Waals surface area contributed by atoms with Crippen LogP contribution in [-0.4, -0.2) is 310 Å². The Balaban J connectivity index is 1.74. The van der Waals surface area contributed by atoms with E-state index in [9.17, 15) is 122 Å². The van der Waals surface area contributed by atoms with Crippen molar-refractivity contribution in [1.82, 2.24) is 95.7 Å². The van der Waals surface area contributed by atoms with Crippen LogP contribution in [0, 0.1) is 17.8 Å². The number of aliphatic hydroxyl groups excluding tert-OH is 5. The van der Waals surface area contributed by atoms with Crippen LogP contribution in [0.2, 0.25) is 0 Å². The van der Waals surface area contributed by atoms with E-state index >= 15 is 0 Å². The quantitative estimate of drug-likeness (QED) is 0.0216. The Hall–Kier alpha value is -11.3. The molecule has 0 aliphatic carbocycles. The van der Waals surface area contributed by atoms with Gasteiger partial charge in [-0.1, -0.05) is 90.4 Å². The zero-order chi connectivity index (χ0) is 95.3. The van der Waals surface area contributed by atoms with Crippen molar-refractivity contribution in [3.63, 3.8) is 0 Å². The number of hydrogen-bond donors (Lipinski definition) is 28. The maximum atomic E-state index is 14.5. The average molecular weight is 1820 g/mol. The van der Waals surface area contributed by atoms with Crippen molar-refractivity contribution >= 4 is 119 Å². The number of phenolic OH excluding ortho intramolecular Hbond substituents is 1. The van der Waals surface area contributed by atoms with E-state index in [0.717, 1.165) is 13.3 Å². The van der Waals surface area contributed by atoms with Gasteiger partial charge in [0.25, 0.3) is 0 Å². The highest BCUT2D eigenvalue weighted by Crippen LogP contribution is 2.17. The van der Waals surface area contributed by atoms with E-state index in [1.807, 2.05) is 5.32 Å². The highest BCUT2D eigenvalue weighted by molar-refractivity contribution is 7.80. The molecule has 1 aliphatic heterocycles. The molecule has 3 rings (SSSR count). The van der Waals surface area contributed by atoms with Crippen LogP contribution in [0.15, 0.2) is 54.6 Å². The molecule has 0 spiro atoms. The fraction of sp³-hybridized carbons (Fsp3) is 0.630. The van der Waals surface area contributed by atoms with Gasteiger partial charge in [0.05, 0.1) is 51.7 Å². The van der Waals surface area contributed by atoms with Crippen molar-refractivity contribution in [2.24, 2.45) is 29.2 Å². The largest absolute Gasteiger partial charge is 0.508 e. The van der Waals surface area contributed by atoms with Crippen LogP contribution in [0.3, 0.4) is 0 Å². The minimum atomic E-state index is -1.81. The number of nitrogens with two attached hydrogens (primary N) is 2. The van der Waals surface area contributed by atoms with Crippen LogP contribution < -0.4 is 107 Å². The SMILES string of the molecule is CC[C@H](C)[C@H](NC(=O)[C@H](Cc1ccc(O)cc1)NC(=O)CNC(=O)[C@H](CO)NC(=O)[C@H](C)NC(=O)[C@H](CCCCN)NC(=O)[C@H](CS)NC(=O)[C@H](CO)NC(=O)[C@H](CC(C)C)NC(=O)[C@H](CCCCN)NC(=O)[C@@H](NC(=O)[C@H](CO)NC(=O)[C@H](C)NC(=O)CNC(=O)[C@@H]1CCCN1)C(C)C)C(=O)N[C@@H](Cc1ccccc1)C(=O)N[C@H](C(=O)N[C@@H](CO)C(=O)O)[C@@H](C)O. The predicted octanol–water partition coefficient (Wildman–Crippen LogP) is -9.16. The van der Waals surface area contributed by atoms with Crippen molar-refractivity contribution in [2.45, 2.75) is 242 Å². The number of aromatic hydroxyl groups is 1. The Labute approximate surface area is 741 Å². The summed E-state index contributed by atoms with van der Waals surface area (Å²) in [5, 5.41) is 115. The van der Waals surface area contributed by atoms with E-state index in [2.05, 4.69) is 103 Å². The van der Waals surface area contributed by atoms with Crippen LogP contribution in [0.25, 0.3) is 0 Å². The Morgan fingerprint density at radius 1 is 0.425 bits per heavy atom. The molecule has 1 saturated heterocycles. The molecular weight excluding hydrogens is 1690 g/mol. The second kappa shape index (κ2) is 57.4. The standard InChI is InChI=1S/C81H130N20O25S/c1-10-43(6)64(79(123)93-55(32-47-19-12-11-13-20-47)74(118)101-65(46(9)106)80(124)97-59(39-105)81(125)126)100-73(117)54(33-48-24-26-49(107)27-25-48)89-62(109)35-86-69(113)56(36-102)94-67(111)45(8)88-70(114)51(21-14-16-28-82)90-77(121)60(40-127)98-75(119)57(37-103)96-72(116)53(31-41(2)3)92-71(115)52(22-15-17-29-83)91-78(122)63(42(4)5)99-76(120)58(38-104)95-66(110)44(7)87-61(108)34-85-68(112)50-23-18-30-84-50/h11-13,19-20,24-27,41-46,50-60,63-65,84,102-107,127H,10,14-18,21-23,28-40,82-83H2,1-9H3,(H,85,112)(H,86,113)(H,87,108)(H,88,114)(H,89,109)(H,90,121)(H,91,122)(H,92,115)(H,93,123)(H,94,111)(H,95,110)(H,96,116)(H,97,124)(H,98,119)(H,99,120)(H,100,117)(H,101,118)(H,125,126)/t43-,44-,45-,46+,50-,51-,52-,53-,54-,55-,56-,57-,58-,59-,60-,63-,64-,65-/m0/s1. The summed E-state index contributed by atoms with van der Waals surface area (Å²) in [4.78, 5) is 245. The first-order valence-corrected chi connectivity index (χ1v) is 42.7. The Morgan fingerprint density at radius 2 is 0.819 bits per heavy atom. The van der Waals surface area contributed by atoms with E-state index in [4.69, 9.17) is 11.5 Å². The first-order valence-electron chi connectivity index (χ1n) is 42.1. The summed E-state index contributed by atoms with van der Waals surface area (Å²) in [6.45, 7) is 8.87. The molecule has 2 aromatic rings. The van der Waals surface area contributed by atoms with Gasteiger partial charge >= 0.3 is 5.97 Å². The van der Waals surface area contributed by atoms with Gasteiger partial charge in [-0.15, -0.1) is 0 Å². The number of benzene rings is 2. The van der Waals surface area contributed by atoms with Gasteiger partial charge in [-0.25, -0.2) is 4.79 Å². The number of carboxylic acids is 1. The van der Waals surface area contributed by atoms with Crippen molar-refractivity contribution in [3.05, 3.63) is 65.7 Å². The molecule has 0 bridgehead atoms. The first-order chi connectivity index (χ1) is 60.1. The van der Waals surface area contributed by atoms with Gasteiger partial charge < -0.3 is 143 Å². The van der Waals surface area contributed by atoms with Gasteiger partial charge in [-0.05, 0) is 139 Å². The summed E-state index contributed by atoms with van der Waals surface area (Å²) in [5.41, 5.74) is 12.4. The second-order valence-corrected chi connectivity index (χ2v) is 32.0.